The van der Waals surface area contributed by atoms with Gasteiger partial charge in [-0.1, -0.05) is 56.8 Å². The third-order valence-corrected chi connectivity index (χ3v) is 8.93. The SMILES string of the molecule is COc1ccc(N2CCCS/C2=N\C(=O)NCCC(C)Cc2ccc(-c3ncn(-c4ccc(OC(F)(F)F)cc4)n3)cc2)c(C(C)C)c1. The van der Waals surface area contributed by atoms with Gasteiger partial charge in [0.15, 0.2) is 11.0 Å². The molecule has 0 saturated carbocycles. The van der Waals surface area contributed by atoms with Crippen LogP contribution in [0.1, 0.15) is 50.7 Å². The zero-order valence-corrected chi connectivity index (χ0v) is 28.1. The Hall–Kier alpha value is -4.52. The number of nitrogens with zero attached hydrogens (tertiary/aromatic N) is 5. The summed E-state index contributed by atoms with van der Waals surface area (Å²) < 4.78 is 48.2. The number of hydrogen-bond donors (Lipinski definition) is 1. The average Bonchev–Trinajstić information content (AvgIpc) is 3.55. The first kappa shape index (κ1) is 34.8. The lowest BCUT2D eigenvalue weighted by Crippen LogP contribution is -2.36. The topological polar surface area (TPSA) is 93.9 Å². The van der Waals surface area contributed by atoms with Crippen LogP contribution in [0.5, 0.6) is 11.5 Å². The quantitative estimate of drug-likeness (QED) is 0.171. The van der Waals surface area contributed by atoms with Crippen molar-refractivity contribution >= 4 is 28.6 Å². The highest BCUT2D eigenvalue weighted by Gasteiger charge is 2.31. The number of carbonyl (C=O) groups excluding carboxylic acids is 1. The van der Waals surface area contributed by atoms with Crippen LogP contribution in [0.25, 0.3) is 17.1 Å². The fourth-order valence-corrected chi connectivity index (χ4v) is 6.36. The number of aromatic nitrogens is 3. The van der Waals surface area contributed by atoms with Crippen molar-refractivity contribution in [1.29, 1.82) is 0 Å². The van der Waals surface area contributed by atoms with Crippen LogP contribution in [0.2, 0.25) is 0 Å². The van der Waals surface area contributed by atoms with Gasteiger partial charge in [-0.05, 0) is 84.7 Å². The van der Waals surface area contributed by atoms with E-state index in [1.807, 2.05) is 36.4 Å². The third-order valence-electron chi connectivity index (χ3n) is 7.87. The molecule has 1 aliphatic heterocycles. The number of rotatable bonds is 11. The van der Waals surface area contributed by atoms with Crippen molar-refractivity contribution in [2.75, 3.05) is 30.9 Å². The van der Waals surface area contributed by atoms with Gasteiger partial charge in [0.2, 0.25) is 0 Å². The number of anilines is 1. The molecule has 1 N–H and O–H groups in total. The lowest BCUT2D eigenvalue weighted by Gasteiger charge is -2.32. The molecule has 13 heteroatoms. The molecule has 254 valence electrons. The number of benzene rings is 3. The number of ether oxygens (including phenoxy) is 2. The molecule has 1 aliphatic rings. The molecule has 9 nitrogen and oxygen atoms in total. The van der Waals surface area contributed by atoms with Crippen LogP contribution in [0.3, 0.4) is 0 Å². The minimum atomic E-state index is -4.74. The summed E-state index contributed by atoms with van der Waals surface area (Å²) in [5.74, 6) is 2.53. The van der Waals surface area contributed by atoms with Crippen molar-refractivity contribution in [3.05, 3.63) is 84.2 Å². The maximum Gasteiger partial charge on any atom is 0.573 e. The van der Waals surface area contributed by atoms with Crippen LogP contribution in [0.4, 0.5) is 23.7 Å². The van der Waals surface area contributed by atoms with Gasteiger partial charge in [-0.2, -0.15) is 4.99 Å². The first-order chi connectivity index (χ1) is 23.0. The highest BCUT2D eigenvalue weighted by Crippen LogP contribution is 2.35. The number of urea groups is 1. The van der Waals surface area contributed by atoms with Crippen molar-refractivity contribution in [2.24, 2.45) is 10.9 Å². The average molecular weight is 681 g/mol. The summed E-state index contributed by atoms with van der Waals surface area (Å²) in [6.07, 6.45) is -0.599. The van der Waals surface area contributed by atoms with E-state index in [9.17, 15) is 18.0 Å². The Morgan fingerprint density at radius 2 is 1.77 bits per heavy atom. The summed E-state index contributed by atoms with van der Waals surface area (Å²) in [6, 6.07) is 19.1. The van der Waals surface area contributed by atoms with Crippen LogP contribution in [-0.4, -0.2) is 58.3 Å². The largest absolute Gasteiger partial charge is 0.573 e. The predicted molar refractivity (Wildman–Crippen MR) is 183 cm³/mol. The summed E-state index contributed by atoms with van der Waals surface area (Å²) in [5, 5.41) is 8.15. The highest BCUT2D eigenvalue weighted by atomic mass is 32.2. The lowest BCUT2D eigenvalue weighted by atomic mass is 9.97. The summed E-state index contributed by atoms with van der Waals surface area (Å²) in [7, 11) is 1.66. The number of halogens is 3. The molecule has 2 heterocycles. The highest BCUT2D eigenvalue weighted by molar-refractivity contribution is 8.14. The molecule has 1 atom stereocenters. The molecule has 3 aromatic carbocycles. The predicted octanol–water partition coefficient (Wildman–Crippen LogP) is 8.24. The summed E-state index contributed by atoms with van der Waals surface area (Å²) in [4.78, 5) is 23.8. The van der Waals surface area contributed by atoms with Crippen LogP contribution in [0, 0.1) is 5.92 Å². The van der Waals surface area contributed by atoms with E-state index in [1.165, 1.54) is 35.3 Å². The van der Waals surface area contributed by atoms with Crippen molar-refractivity contribution in [1.82, 2.24) is 20.1 Å². The number of amides is 2. The van der Waals surface area contributed by atoms with E-state index in [-0.39, 0.29) is 17.7 Å². The van der Waals surface area contributed by atoms with Crippen molar-refractivity contribution < 1.29 is 27.4 Å². The third kappa shape index (κ3) is 9.30. The number of nitrogens with one attached hydrogen (secondary N) is 1. The normalized spacial score (nSPS) is 15.1. The van der Waals surface area contributed by atoms with E-state index in [1.54, 1.807) is 18.9 Å². The molecule has 48 heavy (non-hydrogen) atoms. The van der Waals surface area contributed by atoms with Gasteiger partial charge in [-0.25, -0.2) is 14.5 Å². The van der Waals surface area contributed by atoms with Crippen molar-refractivity contribution in [3.8, 4) is 28.6 Å². The molecular formula is C35H39F3N6O3S. The molecular weight excluding hydrogens is 641 g/mol. The Bertz CT molecular complexity index is 1710. The second-order valence-electron chi connectivity index (χ2n) is 11.9. The smallest absolute Gasteiger partial charge is 0.497 e. The molecule has 0 radical (unpaired) electrons. The van der Waals surface area contributed by atoms with Crippen LogP contribution < -0.4 is 19.7 Å². The van der Waals surface area contributed by atoms with Gasteiger partial charge in [-0.3, -0.25) is 0 Å². The number of carbonyl (C=O) groups is 1. The molecule has 0 aliphatic carbocycles. The number of aliphatic imine (C=N–C) groups is 1. The van der Waals surface area contributed by atoms with Crippen LogP contribution in [-0.2, 0) is 6.42 Å². The fraction of sp³-hybridized carbons (Fsp3) is 0.371. The van der Waals surface area contributed by atoms with E-state index in [4.69, 9.17) is 4.74 Å². The second kappa shape index (κ2) is 15.6. The molecule has 0 spiro atoms. The molecule has 1 saturated heterocycles. The van der Waals surface area contributed by atoms with Crippen molar-refractivity contribution in [2.45, 2.75) is 52.3 Å². The molecule has 4 aromatic rings. The Kier molecular flexibility index (Phi) is 11.3. The van der Waals surface area contributed by atoms with Gasteiger partial charge >= 0.3 is 12.4 Å². The number of amidine groups is 1. The number of hydrogen-bond acceptors (Lipinski definition) is 6. The second-order valence-corrected chi connectivity index (χ2v) is 13.0. The van der Waals surface area contributed by atoms with Gasteiger partial charge in [0.1, 0.15) is 17.8 Å². The number of alkyl halides is 3. The summed E-state index contributed by atoms with van der Waals surface area (Å²) >= 11 is 1.60. The van der Waals surface area contributed by atoms with Gasteiger partial charge in [0.05, 0.1) is 12.8 Å². The van der Waals surface area contributed by atoms with Gasteiger partial charge in [-0.15, -0.1) is 18.3 Å². The van der Waals surface area contributed by atoms with E-state index in [0.29, 0.717) is 29.1 Å². The minimum absolute atomic E-state index is 0.287. The Morgan fingerprint density at radius 1 is 1.04 bits per heavy atom. The van der Waals surface area contributed by atoms with Gasteiger partial charge in [0, 0.05) is 30.1 Å². The van der Waals surface area contributed by atoms with E-state index in [0.717, 1.165) is 59.7 Å². The minimum Gasteiger partial charge on any atom is -0.497 e. The molecule has 1 fully saturated rings. The lowest BCUT2D eigenvalue weighted by molar-refractivity contribution is -0.274. The van der Waals surface area contributed by atoms with Gasteiger partial charge in [0.25, 0.3) is 0 Å². The maximum absolute atomic E-state index is 12.9. The Morgan fingerprint density at radius 3 is 2.46 bits per heavy atom. The molecule has 5 rings (SSSR count). The van der Waals surface area contributed by atoms with Crippen LogP contribution in [0.15, 0.2) is 78.0 Å². The van der Waals surface area contributed by atoms with Crippen molar-refractivity contribution in [3.63, 3.8) is 0 Å². The Labute approximate surface area is 282 Å². The monoisotopic (exact) mass is 680 g/mol. The standard InChI is InChI=1S/C35H39F3N6O3S/c1-23(2)30-21-29(46-4)14-15-31(30)43-18-5-19-48-34(43)41-33(45)39-17-16-24(3)20-25-6-8-26(9-7-25)32-40-22-44(42-32)27-10-12-28(13-11-27)47-35(36,37)38/h6-15,21-24H,5,16-20H2,1-4H3,(H,39,45)/b41-34-. The van der Waals surface area contributed by atoms with Crippen LogP contribution >= 0.6 is 11.8 Å². The summed E-state index contributed by atoms with van der Waals surface area (Å²) in [5.41, 5.74) is 4.73. The number of methoxy groups -OCH3 is 1. The number of thioether (sulfide) groups is 1. The molecule has 0 bridgehead atoms. The Balaban J connectivity index is 1.12. The molecule has 2 amide bonds. The summed E-state index contributed by atoms with van der Waals surface area (Å²) in [6.45, 7) is 7.77. The fourth-order valence-electron chi connectivity index (χ4n) is 5.41. The molecule has 1 aromatic heterocycles. The zero-order chi connectivity index (χ0) is 34.3. The maximum atomic E-state index is 12.9. The first-order valence-corrected chi connectivity index (χ1v) is 16.8. The molecule has 1 unspecified atom stereocenters. The van der Waals surface area contributed by atoms with Gasteiger partial charge < -0.3 is 19.7 Å². The van der Waals surface area contributed by atoms with E-state index >= 15 is 0 Å². The van der Waals surface area contributed by atoms with E-state index in [2.05, 4.69) is 56.9 Å². The zero-order valence-electron chi connectivity index (χ0n) is 27.3. The van der Waals surface area contributed by atoms with E-state index < -0.39 is 6.36 Å². The first-order valence-electron chi connectivity index (χ1n) is 15.8.